The van der Waals surface area contributed by atoms with Gasteiger partial charge in [0.15, 0.2) is 0 Å². The van der Waals surface area contributed by atoms with Gasteiger partial charge in [-0.05, 0) is 26.4 Å². The van der Waals surface area contributed by atoms with Gasteiger partial charge in [0, 0.05) is 31.5 Å². The van der Waals surface area contributed by atoms with E-state index in [1.165, 1.54) is 0 Å². The molecule has 0 aromatic rings. The van der Waals surface area contributed by atoms with Crippen molar-refractivity contribution in [3.05, 3.63) is 0 Å². The minimum absolute atomic E-state index is 0.0454. The summed E-state index contributed by atoms with van der Waals surface area (Å²) in [6.07, 6.45) is 1.81. The fraction of sp³-hybridized carbons (Fsp3) is 0.938. The number of rotatable bonds is 9. The van der Waals surface area contributed by atoms with Crippen molar-refractivity contribution in [2.24, 2.45) is 11.1 Å². The van der Waals surface area contributed by atoms with Crippen LogP contribution in [0.4, 0.5) is 0 Å². The number of amides is 1. The second-order valence-electron chi connectivity index (χ2n) is 6.53. The molecule has 21 heavy (non-hydrogen) atoms. The molecule has 3 N–H and O–H groups in total. The fourth-order valence-corrected chi connectivity index (χ4v) is 3.05. The second-order valence-corrected chi connectivity index (χ2v) is 6.53. The van der Waals surface area contributed by atoms with Gasteiger partial charge in [0.05, 0.1) is 6.10 Å². The van der Waals surface area contributed by atoms with E-state index in [-0.39, 0.29) is 17.4 Å². The first-order valence-electron chi connectivity index (χ1n) is 8.24. The topological polar surface area (TPSA) is 67.6 Å². The Bertz CT molecular complexity index is 346. The Morgan fingerprint density at radius 3 is 2.48 bits per heavy atom. The molecular weight excluding hydrogens is 266 g/mol. The lowest BCUT2D eigenvalue weighted by Crippen LogP contribution is -2.75. The highest BCUT2D eigenvalue weighted by atomic mass is 16.5. The molecule has 0 aliphatic heterocycles. The van der Waals surface area contributed by atoms with E-state index in [4.69, 9.17) is 10.5 Å². The van der Waals surface area contributed by atoms with Crippen LogP contribution in [-0.4, -0.2) is 55.2 Å². The van der Waals surface area contributed by atoms with Gasteiger partial charge in [0.1, 0.15) is 5.54 Å². The van der Waals surface area contributed by atoms with Crippen molar-refractivity contribution < 1.29 is 9.53 Å². The molecule has 5 heteroatoms. The van der Waals surface area contributed by atoms with Crippen LogP contribution >= 0.6 is 0 Å². The number of nitrogens with zero attached hydrogens (tertiary/aromatic N) is 1. The SMILES string of the molecule is CCCN(CC)CCNC(=O)C1(N)CC(OCC)C1(C)C. The predicted molar refractivity (Wildman–Crippen MR) is 86.1 cm³/mol. The number of nitrogens with one attached hydrogen (secondary N) is 1. The molecule has 1 rings (SSSR count). The van der Waals surface area contributed by atoms with Crippen LogP contribution in [-0.2, 0) is 9.53 Å². The van der Waals surface area contributed by atoms with Crippen molar-refractivity contribution in [2.45, 2.75) is 59.1 Å². The third kappa shape index (κ3) is 3.76. The van der Waals surface area contributed by atoms with Gasteiger partial charge < -0.3 is 20.7 Å². The molecule has 0 spiro atoms. The molecule has 1 fully saturated rings. The summed E-state index contributed by atoms with van der Waals surface area (Å²) in [6, 6.07) is 0. The third-order valence-electron chi connectivity index (χ3n) is 4.94. The van der Waals surface area contributed by atoms with E-state index in [1.807, 2.05) is 20.8 Å². The van der Waals surface area contributed by atoms with Crippen molar-refractivity contribution in [1.82, 2.24) is 10.2 Å². The van der Waals surface area contributed by atoms with Crippen LogP contribution in [0.5, 0.6) is 0 Å². The number of carbonyl (C=O) groups is 1. The zero-order chi connectivity index (χ0) is 16.1. The number of ether oxygens (including phenoxy) is 1. The Morgan fingerprint density at radius 2 is 2.00 bits per heavy atom. The Kier molecular flexibility index (Phi) is 6.63. The summed E-state index contributed by atoms with van der Waals surface area (Å²) < 4.78 is 5.66. The highest BCUT2D eigenvalue weighted by molar-refractivity contribution is 5.88. The molecule has 2 atom stereocenters. The molecule has 124 valence electrons. The summed E-state index contributed by atoms with van der Waals surface area (Å²) in [4.78, 5) is 14.8. The van der Waals surface area contributed by atoms with Crippen molar-refractivity contribution in [2.75, 3.05) is 32.8 Å². The molecule has 2 unspecified atom stereocenters. The van der Waals surface area contributed by atoms with Crippen molar-refractivity contribution in [3.63, 3.8) is 0 Å². The average Bonchev–Trinajstić information content (AvgIpc) is 2.45. The number of carbonyl (C=O) groups excluding carboxylic acids is 1. The smallest absolute Gasteiger partial charge is 0.240 e. The van der Waals surface area contributed by atoms with Crippen LogP contribution in [0.25, 0.3) is 0 Å². The minimum atomic E-state index is -0.811. The average molecular weight is 299 g/mol. The summed E-state index contributed by atoms with van der Waals surface area (Å²) in [5, 5.41) is 3.01. The molecule has 0 saturated heterocycles. The number of hydrogen-bond donors (Lipinski definition) is 2. The first-order chi connectivity index (χ1) is 9.83. The summed E-state index contributed by atoms with van der Waals surface area (Å²) in [5.74, 6) is -0.0454. The van der Waals surface area contributed by atoms with Gasteiger partial charge in [-0.25, -0.2) is 0 Å². The predicted octanol–water partition coefficient (Wildman–Crippen LogP) is 1.37. The molecule has 0 bridgehead atoms. The fourth-order valence-electron chi connectivity index (χ4n) is 3.05. The summed E-state index contributed by atoms with van der Waals surface area (Å²) in [5.41, 5.74) is 5.22. The number of nitrogens with two attached hydrogens (primary N) is 1. The monoisotopic (exact) mass is 299 g/mol. The van der Waals surface area contributed by atoms with Crippen molar-refractivity contribution >= 4 is 5.91 Å². The van der Waals surface area contributed by atoms with E-state index in [0.717, 1.165) is 26.1 Å². The lowest BCUT2D eigenvalue weighted by molar-refractivity contribution is -0.170. The first-order valence-corrected chi connectivity index (χ1v) is 8.24. The lowest BCUT2D eigenvalue weighted by Gasteiger charge is -2.57. The quantitative estimate of drug-likeness (QED) is 0.675. The van der Waals surface area contributed by atoms with Gasteiger partial charge in [0.25, 0.3) is 0 Å². The molecule has 0 aromatic heterocycles. The molecule has 1 amide bonds. The van der Waals surface area contributed by atoms with Crippen LogP contribution < -0.4 is 11.1 Å². The van der Waals surface area contributed by atoms with Crippen molar-refractivity contribution in [3.8, 4) is 0 Å². The zero-order valence-electron chi connectivity index (χ0n) is 14.4. The van der Waals surface area contributed by atoms with Gasteiger partial charge >= 0.3 is 0 Å². The van der Waals surface area contributed by atoms with Crippen LogP contribution in [0, 0.1) is 5.41 Å². The molecule has 0 radical (unpaired) electrons. The van der Waals surface area contributed by atoms with Gasteiger partial charge in [0.2, 0.25) is 5.91 Å². The van der Waals surface area contributed by atoms with E-state index in [2.05, 4.69) is 24.1 Å². The highest BCUT2D eigenvalue weighted by Crippen LogP contribution is 2.49. The molecule has 1 aliphatic rings. The summed E-state index contributed by atoms with van der Waals surface area (Å²) in [6.45, 7) is 14.6. The maximum atomic E-state index is 12.4. The largest absolute Gasteiger partial charge is 0.378 e. The number of likely N-dealkylation sites (N-methyl/N-ethyl adjacent to an activating group) is 1. The van der Waals surface area contributed by atoms with E-state index >= 15 is 0 Å². The Hall–Kier alpha value is -0.650. The molecule has 1 aliphatic carbocycles. The number of hydrogen-bond acceptors (Lipinski definition) is 4. The summed E-state index contributed by atoms with van der Waals surface area (Å²) >= 11 is 0. The van der Waals surface area contributed by atoms with Gasteiger partial charge in [-0.3, -0.25) is 4.79 Å². The molecule has 5 nitrogen and oxygen atoms in total. The van der Waals surface area contributed by atoms with Gasteiger partial charge in [-0.1, -0.05) is 27.7 Å². The highest BCUT2D eigenvalue weighted by Gasteiger charge is 2.62. The van der Waals surface area contributed by atoms with Crippen LogP contribution in [0.2, 0.25) is 0 Å². The Morgan fingerprint density at radius 1 is 1.33 bits per heavy atom. The van der Waals surface area contributed by atoms with E-state index in [9.17, 15) is 4.79 Å². The maximum Gasteiger partial charge on any atom is 0.240 e. The van der Waals surface area contributed by atoms with Crippen molar-refractivity contribution in [1.29, 1.82) is 0 Å². The van der Waals surface area contributed by atoms with Crippen LogP contribution in [0.15, 0.2) is 0 Å². The molecule has 0 aromatic carbocycles. The van der Waals surface area contributed by atoms with E-state index < -0.39 is 5.54 Å². The minimum Gasteiger partial charge on any atom is -0.378 e. The standard InChI is InChI=1S/C16H33N3O2/c1-6-10-19(7-2)11-9-18-14(20)16(17)12-13(21-8-3)15(16,4)5/h13H,6-12,17H2,1-5H3,(H,18,20). The lowest BCUT2D eigenvalue weighted by atomic mass is 9.54. The second kappa shape index (κ2) is 7.56. The van der Waals surface area contributed by atoms with Crippen LogP contribution in [0.3, 0.4) is 0 Å². The van der Waals surface area contributed by atoms with Gasteiger partial charge in [-0.2, -0.15) is 0 Å². The van der Waals surface area contributed by atoms with Gasteiger partial charge in [-0.15, -0.1) is 0 Å². The molecule has 1 saturated carbocycles. The third-order valence-corrected chi connectivity index (χ3v) is 4.94. The Labute approximate surface area is 129 Å². The van der Waals surface area contributed by atoms with Crippen LogP contribution in [0.1, 0.15) is 47.5 Å². The Balaban J connectivity index is 2.45. The maximum absolute atomic E-state index is 12.4. The first kappa shape index (κ1) is 18.4. The molecular formula is C16H33N3O2. The summed E-state index contributed by atoms with van der Waals surface area (Å²) in [7, 11) is 0. The zero-order valence-corrected chi connectivity index (χ0v) is 14.4. The normalized spacial score (nSPS) is 27.5. The van der Waals surface area contributed by atoms with E-state index in [0.29, 0.717) is 19.6 Å². The van der Waals surface area contributed by atoms with E-state index in [1.54, 1.807) is 0 Å². The molecule has 0 heterocycles.